The quantitative estimate of drug-likeness (QED) is 0.480. The zero-order valence-electron chi connectivity index (χ0n) is 14.6. The third-order valence-corrected chi connectivity index (χ3v) is 4.49. The Kier molecular flexibility index (Phi) is 5.33. The van der Waals surface area contributed by atoms with Crippen molar-refractivity contribution in [2.24, 2.45) is 0 Å². The van der Waals surface area contributed by atoms with E-state index in [1.54, 1.807) is 24.3 Å². The van der Waals surface area contributed by atoms with Crippen molar-refractivity contribution in [1.29, 1.82) is 0 Å². The number of aromatic nitrogens is 1. The van der Waals surface area contributed by atoms with E-state index in [0.717, 1.165) is 22.2 Å². The summed E-state index contributed by atoms with van der Waals surface area (Å²) in [7, 11) is 0. The van der Waals surface area contributed by atoms with Crippen molar-refractivity contribution >= 4 is 34.3 Å². The third kappa shape index (κ3) is 3.60. The number of carbonyl (C=O) groups is 2. The number of esters is 1. The van der Waals surface area contributed by atoms with Crippen LogP contribution < -0.4 is 0 Å². The van der Waals surface area contributed by atoms with Gasteiger partial charge in [0.2, 0.25) is 0 Å². The van der Waals surface area contributed by atoms with E-state index in [2.05, 4.69) is 4.98 Å². The number of carbonyl (C=O) groups excluding carboxylic acids is 2. The van der Waals surface area contributed by atoms with Gasteiger partial charge in [0.05, 0.1) is 11.1 Å². The lowest BCUT2D eigenvalue weighted by molar-refractivity contribution is 0.0476. The van der Waals surface area contributed by atoms with Gasteiger partial charge in [-0.25, -0.2) is 4.79 Å². The van der Waals surface area contributed by atoms with Gasteiger partial charge >= 0.3 is 5.97 Å². The zero-order chi connectivity index (χ0) is 18.7. The number of fused-ring (bicyclic) bond motifs is 1. The Morgan fingerprint density at radius 1 is 1.12 bits per heavy atom. The first-order valence-corrected chi connectivity index (χ1v) is 8.73. The lowest BCUT2D eigenvalue weighted by atomic mass is 10.0. The number of hydrogen-bond acceptors (Lipinski definition) is 4. The summed E-state index contributed by atoms with van der Waals surface area (Å²) in [6.45, 7) is 3.51. The maximum Gasteiger partial charge on any atom is 0.339 e. The van der Waals surface area contributed by atoms with Crippen LogP contribution in [0.2, 0.25) is 5.02 Å². The second-order valence-corrected chi connectivity index (χ2v) is 6.38. The minimum Gasteiger partial charge on any atom is -0.454 e. The number of Topliss-reactive ketones (excluding diaryl/α,β-unsaturated/α-hetero) is 1. The molecule has 0 aliphatic rings. The van der Waals surface area contributed by atoms with Crippen LogP contribution >= 0.6 is 11.6 Å². The van der Waals surface area contributed by atoms with E-state index in [-0.39, 0.29) is 12.4 Å². The Hall–Kier alpha value is -2.72. The molecule has 0 atom stereocenters. The van der Waals surface area contributed by atoms with Crippen molar-refractivity contribution in [3.63, 3.8) is 0 Å². The normalized spacial score (nSPS) is 10.7. The van der Waals surface area contributed by atoms with Gasteiger partial charge in [-0.1, -0.05) is 48.9 Å². The molecular weight excluding hydrogens is 350 g/mol. The largest absolute Gasteiger partial charge is 0.454 e. The lowest BCUT2D eigenvalue weighted by Gasteiger charge is -2.13. The van der Waals surface area contributed by atoms with Crippen LogP contribution in [0.5, 0.6) is 0 Å². The SMILES string of the molecule is CCc1nc2ccccc2c(C(=O)OCC(=O)c2cccc(Cl)c2)c1C. The number of pyridine rings is 1. The van der Waals surface area contributed by atoms with Crippen molar-refractivity contribution in [2.75, 3.05) is 6.61 Å². The van der Waals surface area contributed by atoms with Gasteiger partial charge in [0.15, 0.2) is 12.4 Å². The summed E-state index contributed by atoms with van der Waals surface area (Å²) < 4.78 is 5.31. The number of nitrogens with zero attached hydrogens (tertiary/aromatic N) is 1. The van der Waals surface area contributed by atoms with E-state index in [9.17, 15) is 9.59 Å². The Morgan fingerprint density at radius 2 is 1.88 bits per heavy atom. The number of ketones is 1. The van der Waals surface area contributed by atoms with Gasteiger partial charge in [0.1, 0.15) is 0 Å². The first kappa shape index (κ1) is 18.1. The highest BCUT2D eigenvalue weighted by Crippen LogP contribution is 2.24. The van der Waals surface area contributed by atoms with Gasteiger partial charge in [-0.2, -0.15) is 0 Å². The molecule has 0 bridgehead atoms. The number of halogens is 1. The lowest BCUT2D eigenvalue weighted by Crippen LogP contribution is -2.16. The second-order valence-electron chi connectivity index (χ2n) is 5.94. The average molecular weight is 368 g/mol. The molecule has 26 heavy (non-hydrogen) atoms. The molecule has 0 N–H and O–H groups in total. The molecule has 3 aromatic rings. The first-order valence-electron chi connectivity index (χ1n) is 8.35. The molecule has 0 amide bonds. The van der Waals surface area contributed by atoms with Crippen LogP contribution in [0.25, 0.3) is 10.9 Å². The molecular formula is C21H18ClNO3. The molecule has 1 aromatic heterocycles. The fraction of sp³-hybridized carbons (Fsp3) is 0.190. The molecule has 2 aromatic carbocycles. The molecule has 132 valence electrons. The van der Waals surface area contributed by atoms with Crippen LogP contribution in [0.4, 0.5) is 0 Å². The predicted octanol–water partition coefficient (Wildman–Crippen LogP) is 4.80. The molecule has 0 fully saturated rings. The molecule has 0 spiro atoms. The summed E-state index contributed by atoms with van der Waals surface area (Å²) in [6, 6.07) is 14.0. The van der Waals surface area contributed by atoms with E-state index in [0.29, 0.717) is 22.6 Å². The van der Waals surface area contributed by atoms with Crippen molar-refractivity contribution in [3.05, 3.63) is 75.9 Å². The Morgan fingerprint density at radius 3 is 2.62 bits per heavy atom. The summed E-state index contributed by atoms with van der Waals surface area (Å²) in [5.74, 6) is -0.821. The van der Waals surface area contributed by atoms with Gasteiger partial charge < -0.3 is 4.74 Å². The minimum absolute atomic E-state index is 0.299. The third-order valence-electron chi connectivity index (χ3n) is 4.26. The van der Waals surface area contributed by atoms with Gasteiger partial charge in [0, 0.05) is 21.7 Å². The molecule has 4 nitrogen and oxygen atoms in total. The van der Waals surface area contributed by atoms with Gasteiger partial charge in [-0.15, -0.1) is 0 Å². The van der Waals surface area contributed by atoms with Crippen LogP contribution in [0.1, 0.15) is 38.9 Å². The fourth-order valence-corrected chi connectivity index (χ4v) is 3.10. The van der Waals surface area contributed by atoms with Crippen molar-refractivity contribution in [1.82, 2.24) is 4.98 Å². The van der Waals surface area contributed by atoms with Crippen LogP contribution in [0.15, 0.2) is 48.5 Å². The summed E-state index contributed by atoms with van der Waals surface area (Å²) in [6.07, 6.45) is 0.707. The maximum absolute atomic E-state index is 12.7. The molecule has 0 saturated carbocycles. The molecule has 0 aliphatic heterocycles. The van der Waals surface area contributed by atoms with Crippen molar-refractivity contribution in [2.45, 2.75) is 20.3 Å². The highest BCUT2D eigenvalue weighted by atomic mass is 35.5. The van der Waals surface area contributed by atoms with Crippen LogP contribution in [-0.2, 0) is 11.2 Å². The number of aryl methyl sites for hydroxylation is 1. The van der Waals surface area contributed by atoms with Crippen LogP contribution in [-0.4, -0.2) is 23.3 Å². The van der Waals surface area contributed by atoms with E-state index in [4.69, 9.17) is 16.3 Å². The predicted molar refractivity (Wildman–Crippen MR) is 102 cm³/mol. The summed E-state index contributed by atoms with van der Waals surface area (Å²) >= 11 is 5.90. The van der Waals surface area contributed by atoms with E-state index >= 15 is 0 Å². The molecule has 5 heteroatoms. The molecule has 3 rings (SSSR count). The van der Waals surface area contributed by atoms with Gasteiger partial charge in [-0.3, -0.25) is 9.78 Å². The number of rotatable bonds is 5. The summed E-state index contributed by atoms with van der Waals surface area (Å²) in [5.41, 5.74) is 3.24. The Labute approximate surface area is 156 Å². The average Bonchev–Trinajstić information content (AvgIpc) is 2.65. The smallest absolute Gasteiger partial charge is 0.339 e. The second kappa shape index (κ2) is 7.67. The molecule has 0 unspecified atom stereocenters. The molecule has 1 heterocycles. The molecule has 0 saturated heterocycles. The highest BCUT2D eigenvalue weighted by molar-refractivity contribution is 6.31. The summed E-state index contributed by atoms with van der Waals surface area (Å²) in [5, 5.41) is 1.19. The Balaban J connectivity index is 1.88. The zero-order valence-corrected chi connectivity index (χ0v) is 15.3. The van der Waals surface area contributed by atoms with Crippen LogP contribution in [0.3, 0.4) is 0 Å². The molecule has 0 radical (unpaired) electrons. The van der Waals surface area contributed by atoms with Crippen molar-refractivity contribution < 1.29 is 14.3 Å². The number of ether oxygens (including phenoxy) is 1. The highest BCUT2D eigenvalue weighted by Gasteiger charge is 2.19. The number of para-hydroxylation sites is 1. The van der Waals surface area contributed by atoms with Gasteiger partial charge in [0.25, 0.3) is 0 Å². The summed E-state index contributed by atoms with van der Waals surface area (Å²) in [4.78, 5) is 29.6. The van der Waals surface area contributed by atoms with E-state index in [1.165, 1.54) is 0 Å². The van der Waals surface area contributed by atoms with Crippen molar-refractivity contribution in [3.8, 4) is 0 Å². The monoisotopic (exact) mass is 367 g/mol. The fourth-order valence-electron chi connectivity index (χ4n) is 2.91. The number of hydrogen-bond donors (Lipinski definition) is 0. The van der Waals surface area contributed by atoms with Gasteiger partial charge in [-0.05, 0) is 37.1 Å². The minimum atomic E-state index is -0.522. The number of benzene rings is 2. The van der Waals surface area contributed by atoms with E-state index < -0.39 is 5.97 Å². The molecule has 0 aliphatic carbocycles. The first-order chi connectivity index (χ1) is 12.5. The maximum atomic E-state index is 12.7. The Bertz CT molecular complexity index is 998. The van der Waals surface area contributed by atoms with Crippen LogP contribution in [0, 0.1) is 6.92 Å². The van der Waals surface area contributed by atoms with E-state index in [1.807, 2.05) is 38.1 Å². The topological polar surface area (TPSA) is 56.3 Å². The standard InChI is InChI=1S/C21H18ClNO3/c1-3-17-13(2)20(16-9-4-5-10-18(16)23-17)21(25)26-12-19(24)14-7-6-8-15(22)11-14/h4-11H,3,12H2,1-2H3.